The number of nitrogens with zero attached hydrogens (tertiary/aromatic N) is 1. The van der Waals surface area contributed by atoms with Crippen LogP contribution in [0.5, 0.6) is 0 Å². The summed E-state index contributed by atoms with van der Waals surface area (Å²) in [7, 11) is 0. The van der Waals surface area contributed by atoms with E-state index in [1.807, 2.05) is 0 Å². The molecule has 3 N–H and O–H groups in total. The Hall–Kier alpha value is -1.72. The molecular formula is C15H18FN3O. The quantitative estimate of drug-likeness (QED) is 0.806. The molecule has 1 aliphatic rings. The van der Waals surface area contributed by atoms with E-state index in [-0.39, 0.29) is 11.9 Å². The lowest BCUT2D eigenvalue weighted by Crippen LogP contribution is -2.38. The van der Waals surface area contributed by atoms with Crippen LogP contribution in [0.2, 0.25) is 0 Å². The van der Waals surface area contributed by atoms with E-state index >= 15 is 0 Å². The highest BCUT2D eigenvalue weighted by atomic mass is 19.1. The fraction of sp³-hybridized carbons (Fsp3) is 0.400. The maximum absolute atomic E-state index is 13.0. The molecule has 1 saturated heterocycles. The number of aliphatic hydroxyl groups is 1. The predicted molar refractivity (Wildman–Crippen MR) is 74.6 cm³/mol. The van der Waals surface area contributed by atoms with Gasteiger partial charge in [-0.2, -0.15) is 5.10 Å². The Morgan fingerprint density at radius 2 is 2.05 bits per heavy atom. The fourth-order valence-electron chi connectivity index (χ4n) is 2.73. The van der Waals surface area contributed by atoms with Crippen LogP contribution >= 0.6 is 0 Å². The topological polar surface area (TPSA) is 60.9 Å². The Morgan fingerprint density at radius 3 is 2.75 bits per heavy atom. The summed E-state index contributed by atoms with van der Waals surface area (Å²) in [6.07, 6.45) is 4.28. The average Bonchev–Trinajstić information content (AvgIpc) is 2.97. The summed E-state index contributed by atoms with van der Waals surface area (Å²) in [6.45, 7) is 0.936. The van der Waals surface area contributed by atoms with Crippen LogP contribution in [0.3, 0.4) is 0 Å². The fourth-order valence-corrected chi connectivity index (χ4v) is 2.73. The zero-order chi connectivity index (χ0) is 13.9. The van der Waals surface area contributed by atoms with Crippen LogP contribution in [0, 0.1) is 5.82 Å². The van der Waals surface area contributed by atoms with Gasteiger partial charge < -0.3 is 10.4 Å². The Labute approximate surface area is 117 Å². The smallest absolute Gasteiger partial charge is 0.123 e. The highest BCUT2D eigenvalue weighted by Gasteiger charge is 2.26. The number of benzene rings is 1. The van der Waals surface area contributed by atoms with Gasteiger partial charge >= 0.3 is 0 Å². The van der Waals surface area contributed by atoms with E-state index in [1.165, 1.54) is 12.1 Å². The number of piperidine rings is 1. The van der Waals surface area contributed by atoms with Gasteiger partial charge in [0.2, 0.25) is 0 Å². The lowest BCUT2D eigenvalue weighted by Gasteiger charge is -2.28. The first kappa shape index (κ1) is 13.3. The van der Waals surface area contributed by atoms with Gasteiger partial charge in [0.25, 0.3) is 0 Å². The molecule has 0 amide bonds. The van der Waals surface area contributed by atoms with Gasteiger partial charge in [0.1, 0.15) is 5.82 Å². The maximum atomic E-state index is 13.0. The summed E-state index contributed by atoms with van der Waals surface area (Å²) < 4.78 is 13.0. The molecule has 2 unspecified atom stereocenters. The molecule has 20 heavy (non-hydrogen) atoms. The first-order valence-electron chi connectivity index (χ1n) is 6.96. The van der Waals surface area contributed by atoms with Gasteiger partial charge in [0, 0.05) is 17.2 Å². The van der Waals surface area contributed by atoms with Gasteiger partial charge in [0.05, 0.1) is 18.0 Å². The van der Waals surface area contributed by atoms with Gasteiger partial charge in [-0.05, 0) is 43.7 Å². The molecule has 1 aromatic carbocycles. The van der Waals surface area contributed by atoms with Crippen molar-refractivity contribution in [1.29, 1.82) is 0 Å². The summed E-state index contributed by atoms with van der Waals surface area (Å²) in [4.78, 5) is 0. The van der Waals surface area contributed by atoms with Crippen LogP contribution in [0.25, 0.3) is 11.3 Å². The zero-order valence-corrected chi connectivity index (χ0v) is 11.1. The van der Waals surface area contributed by atoms with Gasteiger partial charge in [-0.15, -0.1) is 0 Å². The molecule has 0 radical (unpaired) electrons. The third kappa shape index (κ3) is 2.59. The van der Waals surface area contributed by atoms with Crippen molar-refractivity contribution in [2.24, 2.45) is 0 Å². The molecule has 2 heterocycles. The molecule has 0 aliphatic carbocycles. The normalized spacial score (nSPS) is 20.8. The number of aromatic nitrogens is 2. The van der Waals surface area contributed by atoms with E-state index in [9.17, 15) is 9.50 Å². The molecule has 4 nitrogen and oxygen atoms in total. The first-order valence-corrected chi connectivity index (χ1v) is 6.96. The van der Waals surface area contributed by atoms with Crippen LogP contribution in [0.1, 0.15) is 30.9 Å². The monoisotopic (exact) mass is 275 g/mol. The van der Waals surface area contributed by atoms with E-state index < -0.39 is 6.10 Å². The zero-order valence-electron chi connectivity index (χ0n) is 11.1. The number of aromatic amines is 1. The van der Waals surface area contributed by atoms with E-state index in [2.05, 4.69) is 15.5 Å². The molecule has 2 atom stereocenters. The summed E-state index contributed by atoms with van der Waals surface area (Å²) >= 11 is 0. The highest BCUT2D eigenvalue weighted by molar-refractivity contribution is 5.63. The molecular weight excluding hydrogens is 257 g/mol. The number of rotatable bonds is 3. The highest BCUT2D eigenvalue weighted by Crippen LogP contribution is 2.30. The number of nitrogens with one attached hydrogen (secondary N) is 2. The minimum absolute atomic E-state index is 0.0561. The van der Waals surface area contributed by atoms with Crippen LogP contribution in [-0.2, 0) is 0 Å². The van der Waals surface area contributed by atoms with Gasteiger partial charge in [-0.1, -0.05) is 6.42 Å². The SMILES string of the molecule is OC(c1cn[nH]c1-c1ccc(F)cc1)C1CCCCN1. The van der Waals surface area contributed by atoms with Crippen molar-refractivity contribution in [3.8, 4) is 11.3 Å². The molecule has 3 rings (SSSR count). The standard InChI is InChI=1S/C15H18FN3O/c16-11-6-4-10(5-7-11)14-12(9-18-19-14)15(20)13-3-1-2-8-17-13/h4-7,9,13,15,17,20H,1-3,8H2,(H,18,19). The second-order valence-electron chi connectivity index (χ2n) is 5.21. The first-order chi connectivity index (χ1) is 9.75. The van der Waals surface area contributed by atoms with E-state index in [0.717, 1.165) is 42.6 Å². The Bertz CT molecular complexity index is 561. The lowest BCUT2D eigenvalue weighted by molar-refractivity contribution is 0.114. The summed E-state index contributed by atoms with van der Waals surface area (Å²) in [6, 6.07) is 6.25. The molecule has 0 spiro atoms. The van der Waals surface area contributed by atoms with Crippen molar-refractivity contribution in [3.63, 3.8) is 0 Å². The van der Waals surface area contributed by atoms with E-state index in [0.29, 0.717) is 0 Å². The number of H-pyrrole nitrogens is 1. The van der Waals surface area contributed by atoms with Crippen LogP contribution in [0.4, 0.5) is 4.39 Å². The maximum Gasteiger partial charge on any atom is 0.123 e. The van der Waals surface area contributed by atoms with Crippen LogP contribution in [-0.4, -0.2) is 27.9 Å². The number of hydrogen-bond donors (Lipinski definition) is 3. The Kier molecular flexibility index (Phi) is 3.80. The third-order valence-electron chi connectivity index (χ3n) is 3.85. The number of hydrogen-bond acceptors (Lipinski definition) is 3. The summed E-state index contributed by atoms with van der Waals surface area (Å²) in [5, 5.41) is 20.8. The Balaban J connectivity index is 1.87. The van der Waals surface area contributed by atoms with Gasteiger partial charge in [0.15, 0.2) is 0 Å². The summed E-state index contributed by atoms with van der Waals surface area (Å²) in [5.74, 6) is -0.274. The van der Waals surface area contributed by atoms with Crippen molar-refractivity contribution in [3.05, 3.63) is 41.8 Å². The predicted octanol–water partition coefficient (Wildman–Crippen LogP) is 2.39. The molecule has 2 aromatic rings. The Morgan fingerprint density at radius 1 is 1.25 bits per heavy atom. The molecule has 106 valence electrons. The molecule has 0 saturated carbocycles. The summed E-state index contributed by atoms with van der Waals surface area (Å²) in [5.41, 5.74) is 2.34. The average molecular weight is 275 g/mol. The number of aliphatic hydroxyl groups excluding tert-OH is 1. The van der Waals surface area contributed by atoms with Gasteiger partial charge in [-0.25, -0.2) is 4.39 Å². The molecule has 5 heteroatoms. The van der Waals surface area contributed by atoms with E-state index in [4.69, 9.17) is 0 Å². The largest absolute Gasteiger partial charge is 0.387 e. The van der Waals surface area contributed by atoms with Crippen molar-refractivity contribution in [2.45, 2.75) is 31.4 Å². The second kappa shape index (κ2) is 5.73. The van der Waals surface area contributed by atoms with Crippen molar-refractivity contribution in [1.82, 2.24) is 15.5 Å². The molecule has 1 aliphatic heterocycles. The van der Waals surface area contributed by atoms with Crippen LogP contribution < -0.4 is 5.32 Å². The molecule has 1 fully saturated rings. The van der Waals surface area contributed by atoms with E-state index in [1.54, 1.807) is 18.3 Å². The van der Waals surface area contributed by atoms with Gasteiger partial charge in [-0.3, -0.25) is 5.10 Å². The number of halogens is 1. The van der Waals surface area contributed by atoms with Crippen LogP contribution in [0.15, 0.2) is 30.5 Å². The van der Waals surface area contributed by atoms with Crippen molar-refractivity contribution >= 4 is 0 Å². The minimum atomic E-state index is -0.603. The second-order valence-corrected chi connectivity index (χ2v) is 5.21. The molecule has 1 aromatic heterocycles. The molecule has 0 bridgehead atoms. The van der Waals surface area contributed by atoms with Crippen molar-refractivity contribution in [2.75, 3.05) is 6.54 Å². The lowest BCUT2D eigenvalue weighted by atomic mass is 9.93. The van der Waals surface area contributed by atoms with Crippen molar-refractivity contribution < 1.29 is 9.50 Å². The minimum Gasteiger partial charge on any atom is -0.387 e. The third-order valence-corrected chi connectivity index (χ3v) is 3.85.